The molecule has 0 aliphatic carbocycles. The van der Waals surface area contributed by atoms with Gasteiger partial charge in [-0.3, -0.25) is 9.48 Å². The standard InChI is InChI=1S/C20H25N5O2/c1-5-24-12-17(16(4)22-24)11-21-20(26)19-6-7-25(23-19)13-27-18-9-14(2)8-15(3)10-18/h6-10,12H,5,11,13H2,1-4H3,(H,21,26). The van der Waals surface area contributed by atoms with Gasteiger partial charge in [0.2, 0.25) is 0 Å². The Morgan fingerprint density at radius 2 is 1.85 bits per heavy atom. The molecule has 7 heteroatoms. The molecule has 0 aliphatic rings. The molecule has 0 atom stereocenters. The third kappa shape index (κ3) is 4.75. The number of carbonyl (C=O) groups excluding carboxylic acids is 1. The molecule has 0 saturated carbocycles. The summed E-state index contributed by atoms with van der Waals surface area (Å²) in [6.07, 6.45) is 3.68. The summed E-state index contributed by atoms with van der Waals surface area (Å²) in [5, 5.41) is 11.6. The number of aromatic nitrogens is 4. The predicted molar refractivity (Wildman–Crippen MR) is 103 cm³/mol. The number of nitrogens with zero attached hydrogens (tertiary/aromatic N) is 4. The molecule has 7 nitrogen and oxygen atoms in total. The molecule has 1 aromatic carbocycles. The summed E-state index contributed by atoms with van der Waals surface area (Å²) in [6.45, 7) is 9.51. The van der Waals surface area contributed by atoms with E-state index in [1.165, 1.54) is 0 Å². The topological polar surface area (TPSA) is 74.0 Å². The van der Waals surface area contributed by atoms with Crippen molar-refractivity contribution in [3.63, 3.8) is 0 Å². The summed E-state index contributed by atoms with van der Waals surface area (Å²) in [4.78, 5) is 12.3. The zero-order valence-corrected chi connectivity index (χ0v) is 16.2. The van der Waals surface area contributed by atoms with E-state index in [1.807, 2.05) is 50.7 Å². The molecule has 142 valence electrons. The van der Waals surface area contributed by atoms with Crippen LogP contribution in [0.25, 0.3) is 0 Å². The highest BCUT2D eigenvalue weighted by molar-refractivity contribution is 5.92. The van der Waals surface area contributed by atoms with E-state index in [9.17, 15) is 4.79 Å². The Kier molecular flexibility index (Phi) is 5.59. The average molecular weight is 367 g/mol. The number of benzene rings is 1. The first-order valence-corrected chi connectivity index (χ1v) is 9.00. The predicted octanol–water partition coefficient (Wildman–Crippen LogP) is 2.99. The highest BCUT2D eigenvalue weighted by Gasteiger charge is 2.11. The van der Waals surface area contributed by atoms with Gasteiger partial charge in [0.25, 0.3) is 5.91 Å². The van der Waals surface area contributed by atoms with E-state index in [1.54, 1.807) is 16.9 Å². The van der Waals surface area contributed by atoms with Gasteiger partial charge >= 0.3 is 0 Å². The normalized spacial score (nSPS) is 10.8. The first-order chi connectivity index (χ1) is 12.9. The van der Waals surface area contributed by atoms with Gasteiger partial charge in [-0.2, -0.15) is 10.2 Å². The Hall–Kier alpha value is -3.09. The molecule has 3 rings (SSSR count). The molecular weight excluding hydrogens is 342 g/mol. The molecule has 0 radical (unpaired) electrons. The van der Waals surface area contributed by atoms with E-state index >= 15 is 0 Å². The first-order valence-electron chi connectivity index (χ1n) is 9.00. The summed E-state index contributed by atoms with van der Waals surface area (Å²) in [6, 6.07) is 7.73. The summed E-state index contributed by atoms with van der Waals surface area (Å²) >= 11 is 0. The molecule has 0 bridgehead atoms. The number of carbonyl (C=O) groups is 1. The SMILES string of the molecule is CCn1cc(CNC(=O)c2ccn(COc3cc(C)cc(C)c3)n2)c(C)n1. The monoisotopic (exact) mass is 367 g/mol. The fourth-order valence-corrected chi connectivity index (χ4v) is 2.87. The van der Waals surface area contributed by atoms with Crippen molar-refractivity contribution in [1.82, 2.24) is 24.9 Å². The van der Waals surface area contributed by atoms with Gasteiger partial charge in [-0.1, -0.05) is 6.07 Å². The quantitative estimate of drug-likeness (QED) is 0.697. The van der Waals surface area contributed by atoms with Gasteiger partial charge in [0.15, 0.2) is 6.73 Å². The van der Waals surface area contributed by atoms with E-state index in [2.05, 4.69) is 21.6 Å². The molecule has 0 unspecified atom stereocenters. The van der Waals surface area contributed by atoms with E-state index in [4.69, 9.17) is 4.74 Å². The third-order valence-corrected chi connectivity index (χ3v) is 4.24. The number of hydrogen-bond donors (Lipinski definition) is 1. The molecule has 0 saturated heterocycles. The van der Waals surface area contributed by atoms with Crippen molar-refractivity contribution >= 4 is 5.91 Å². The van der Waals surface area contributed by atoms with Crippen molar-refractivity contribution in [2.45, 2.75) is 47.5 Å². The molecule has 2 aromatic heterocycles. The van der Waals surface area contributed by atoms with Crippen LogP contribution in [0.2, 0.25) is 0 Å². The number of nitrogens with one attached hydrogen (secondary N) is 1. The first kappa shape index (κ1) is 18.7. The second-order valence-corrected chi connectivity index (χ2v) is 6.62. The molecule has 0 spiro atoms. The van der Waals surface area contributed by atoms with E-state index in [0.29, 0.717) is 12.2 Å². The second-order valence-electron chi connectivity index (χ2n) is 6.62. The largest absolute Gasteiger partial charge is 0.471 e. The summed E-state index contributed by atoms with van der Waals surface area (Å²) < 4.78 is 9.23. The Bertz CT molecular complexity index is 922. The molecule has 1 N–H and O–H groups in total. The Morgan fingerprint density at radius 1 is 1.11 bits per heavy atom. The minimum Gasteiger partial charge on any atom is -0.471 e. The second kappa shape index (κ2) is 8.07. The van der Waals surface area contributed by atoms with Crippen LogP contribution >= 0.6 is 0 Å². The molecule has 1 amide bonds. The number of aryl methyl sites for hydroxylation is 4. The van der Waals surface area contributed by atoms with Crippen LogP contribution in [-0.4, -0.2) is 25.5 Å². The van der Waals surface area contributed by atoms with Gasteiger partial charge in [0, 0.05) is 31.0 Å². The van der Waals surface area contributed by atoms with Crippen molar-refractivity contribution in [3.05, 3.63) is 64.7 Å². The molecule has 0 fully saturated rings. The minimum atomic E-state index is -0.219. The summed E-state index contributed by atoms with van der Waals surface area (Å²) in [5.74, 6) is 0.571. The number of rotatable bonds is 7. The van der Waals surface area contributed by atoms with Crippen LogP contribution in [-0.2, 0) is 19.8 Å². The molecular formula is C20H25N5O2. The maximum atomic E-state index is 12.3. The van der Waals surface area contributed by atoms with Gasteiger partial charge in [-0.15, -0.1) is 0 Å². The lowest BCUT2D eigenvalue weighted by molar-refractivity contribution is 0.0944. The van der Waals surface area contributed by atoms with Gasteiger partial charge < -0.3 is 10.1 Å². The number of amides is 1. The Labute approximate surface area is 159 Å². The molecule has 27 heavy (non-hydrogen) atoms. The summed E-state index contributed by atoms with van der Waals surface area (Å²) in [5.41, 5.74) is 4.58. The van der Waals surface area contributed by atoms with Crippen LogP contribution in [0.1, 0.15) is 39.8 Å². The zero-order valence-electron chi connectivity index (χ0n) is 16.2. The number of hydrogen-bond acceptors (Lipinski definition) is 4. The van der Waals surface area contributed by atoms with Crippen molar-refractivity contribution in [3.8, 4) is 5.75 Å². The van der Waals surface area contributed by atoms with Crippen LogP contribution in [0.4, 0.5) is 0 Å². The lowest BCUT2D eigenvalue weighted by Crippen LogP contribution is -2.23. The molecule has 3 aromatic rings. The highest BCUT2D eigenvalue weighted by Crippen LogP contribution is 2.16. The van der Waals surface area contributed by atoms with E-state index in [0.717, 1.165) is 34.7 Å². The maximum absolute atomic E-state index is 12.3. The van der Waals surface area contributed by atoms with Crippen LogP contribution < -0.4 is 10.1 Å². The Balaban J connectivity index is 1.56. The molecule has 2 heterocycles. The van der Waals surface area contributed by atoms with Crippen molar-refractivity contribution in [1.29, 1.82) is 0 Å². The van der Waals surface area contributed by atoms with Crippen LogP contribution in [0.3, 0.4) is 0 Å². The van der Waals surface area contributed by atoms with Gasteiger partial charge in [0.05, 0.1) is 5.69 Å². The third-order valence-electron chi connectivity index (χ3n) is 4.24. The maximum Gasteiger partial charge on any atom is 0.272 e. The van der Waals surface area contributed by atoms with Crippen molar-refractivity contribution in [2.75, 3.05) is 0 Å². The van der Waals surface area contributed by atoms with Crippen molar-refractivity contribution < 1.29 is 9.53 Å². The van der Waals surface area contributed by atoms with Gasteiger partial charge in [-0.25, -0.2) is 4.68 Å². The van der Waals surface area contributed by atoms with Crippen molar-refractivity contribution in [2.24, 2.45) is 0 Å². The molecule has 0 aliphatic heterocycles. The van der Waals surface area contributed by atoms with E-state index < -0.39 is 0 Å². The van der Waals surface area contributed by atoms with E-state index in [-0.39, 0.29) is 12.6 Å². The summed E-state index contributed by atoms with van der Waals surface area (Å²) in [7, 11) is 0. The lowest BCUT2D eigenvalue weighted by atomic mass is 10.1. The zero-order chi connectivity index (χ0) is 19.4. The number of ether oxygens (including phenoxy) is 1. The smallest absolute Gasteiger partial charge is 0.272 e. The van der Waals surface area contributed by atoms with Gasteiger partial charge in [-0.05, 0) is 57.0 Å². The minimum absolute atomic E-state index is 0.219. The van der Waals surface area contributed by atoms with Crippen LogP contribution in [0.15, 0.2) is 36.7 Å². The van der Waals surface area contributed by atoms with Gasteiger partial charge in [0.1, 0.15) is 11.4 Å². The highest BCUT2D eigenvalue weighted by atomic mass is 16.5. The Morgan fingerprint density at radius 3 is 2.52 bits per heavy atom. The fourth-order valence-electron chi connectivity index (χ4n) is 2.87. The van der Waals surface area contributed by atoms with Crippen LogP contribution in [0.5, 0.6) is 5.75 Å². The fraction of sp³-hybridized carbons (Fsp3) is 0.350. The lowest BCUT2D eigenvalue weighted by Gasteiger charge is -2.08. The van der Waals surface area contributed by atoms with Crippen LogP contribution in [0, 0.1) is 20.8 Å². The average Bonchev–Trinajstić information content (AvgIpc) is 3.23.